The normalized spacial score (nSPS) is 11.2. The van der Waals surface area contributed by atoms with Crippen molar-refractivity contribution in [3.05, 3.63) is 0 Å². The zero-order chi connectivity index (χ0) is 24.1. The zero-order valence-electron chi connectivity index (χ0n) is 20.4. The van der Waals surface area contributed by atoms with Crippen molar-refractivity contribution in [3.8, 4) is 0 Å². The van der Waals surface area contributed by atoms with E-state index in [9.17, 15) is 4.79 Å². The van der Waals surface area contributed by atoms with Crippen LogP contribution in [-0.4, -0.2) is 110 Å². The standard InChI is InChI=1S/C23H45IO9/c1-2-3-4-5-6-23(25)33-22-21-32-20-19-31-18-17-30-16-15-29-14-13-28-12-11-27-10-9-26-8-7-24/h2-22H2,1H3. The molecule has 0 amide bonds. The average molecular weight is 593 g/mol. The zero-order valence-corrected chi connectivity index (χ0v) is 22.6. The predicted octanol–water partition coefficient (Wildman–Crippen LogP) is 3.05. The molecule has 10 heteroatoms. The molecular weight excluding hydrogens is 547 g/mol. The molecule has 0 atom stereocenters. The van der Waals surface area contributed by atoms with E-state index in [-0.39, 0.29) is 5.97 Å². The van der Waals surface area contributed by atoms with Crippen molar-refractivity contribution in [2.24, 2.45) is 0 Å². The fourth-order valence-electron chi connectivity index (χ4n) is 2.46. The maximum Gasteiger partial charge on any atom is 0.305 e. The molecule has 0 heterocycles. The van der Waals surface area contributed by atoms with Crippen LogP contribution in [0.2, 0.25) is 0 Å². The van der Waals surface area contributed by atoms with Crippen LogP contribution in [0, 0.1) is 0 Å². The van der Waals surface area contributed by atoms with Crippen molar-refractivity contribution in [2.45, 2.75) is 39.0 Å². The fourth-order valence-corrected chi connectivity index (χ4v) is 2.77. The van der Waals surface area contributed by atoms with E-state index < -0.39 is 0 Å². The highest BCUT2D eigenvalue weighted by Crippen LogP contribution is 2.03. The third-order valence-electron chi connectivity index (χ3n) is 4.18. The third-order valence-corrected chi connectivity index (χ3v) is 4.62. The lowest BCUT2D eigenvalue weighted by Crippen LogP contribution is -2.15. The molecule has 0 aliphatic heterocycles. The van der Waals surface area contributed by atoms with Crippen LogP contribution in [-0.2, 0) is 42.7 Å². The fraction of sp³-hybridized carbons (Fsp3) is 0.957. The predicted molar refractivity (Wildman–Crippen MR) is 134 cm³/mol. The van der Waals surface area contributed by atoms with Crippen LogP contribution >= 0.6 is 22.6 Å². The summed E-state index contributed by atoms with van der Waals surface area (Å²) >= 11 is 2.28. The lowest BCUT2D eigenvalue weighted by molar-refractivity contribution is -0.145. The maximum absolute atomic E-state index is 11.5. The summed E-state index contributed by atoms with van der Waals surface area (Å²) in [6.45, 7) is 10.0. The van der Waals surface area contributed by atoms with Gasteiger partial charge in [0.1, 0.15) is 6.61 Å². The van der Waals surface area contributed by atoms with Crippen LogP contribution in [0.15, 0.2) is 0 Å². The minimum Gasteiger partial charge on any atom is -0.463 e. The summed E-state index contributed by atoms with van der Waals surface area (Å²) in [6, 6.07) is 0. The highest BCUT2D eigenvalue weighted by Gasteiger charge is 2.02. The molecule has 0 aromatic carbocycles. The second-order valence-electron chi connectivity index (χ2n) is 7.01. The number of carbonyl (C=O) groups excluding carboxylic acids is 1. The molecule has 0 radical (unpaired) electrons. The Hall–Kier alpha value is -0.0800. The largest absolute Gasteiger partial charge is 0.463 e. The van der Waals surface area contributed by atoms with E-state index in [2.05, 4.69) is 29.5 Å². The van der Waals surface area contributed by atoms with E-state index in [0.29, 0.717) is 98.9 Å². The summed E-state index contributed by atoms with van der Waals surface area (Å²) in [4.78, 5) is 11.5. The third kappa shape index (κ3) is 29.9. The van der Waals surface area contributed by atoms with Gasteiger partial charge >= 0.3 is 5.97 Å². The number of hydrogen-bond donors (Lipinski definition) is 0. The number of alkyl halides is 1. The van der Waals surface area contributed by atoms with Gasteiger partial charge in [-0.2, -0.15) is 0 Å². The van der Waals surface area contributed by atoms with Crippen LogP contribution in [0.4, 0.5) is 0 Å². The van der Waals surface area contributed by atoms with Gasteiger partial charge in [-0.25, -0.2) is 0 Å². The Labute approximate surface area is 213 Å². The number of hydrogen-bond acceptors (Lipinski definition) is 9. The van der Waals surface area contributed by atoms with Gasteiger partial charge in [0.25, 0.3) is 0 Å². The van der Waals surface area contributed by atoms with Gasteiger partial charge in [0.05, 0.1) is 92.5 Å². The summed E-state index contributed by atoms with van der Waals surface area (Å²) in [5.74, 6) is -0.145. The topological polar surface area (TPSA) is 90.9 Å². The molecule has 0 aromatic rings. The Bertz CT molecular complexity index is 389. The van der Waals surface area contributed by atoms with Crippen molar-refractivity contribution < 1.29 is 42.7 Å². The van der Waals surface area contributed by atoms with Gasteiger partial charge in [-0.05, 0) is 6.42 Å². The maximum atomic E-state index is 11.5. The molecule has 198 valence electrons. The Morgan fingerprint density at radius 3 is 1.24 bits per heavy atom. The van der Waals surface area contributed by atoms with E-state index in [1.165, 1.54) is 0 Å². The highest BCUT2D eigenvalue weighted by molar-refractivity contribution is 14.1. The van der Waals surface area contributed by atoms with Crippen molar-refractivity contribution in [3.63, 3.8) is 0 Å². The van der Waals surface area contributed by atoms with Gasteiger partial charge in [0.2, 0.25) is 0 Å². The van der Waals surface area contributed by atoms with E-state index >= 15 is 0 Å². The molecule has 0 saturated carbocycles. The Morgan fingerprint density at radius 1 is 0.515 bits per heavy atom. The monoisotopic (exact) mass is 592 g/mol. The SMILES string of the molecule is CCCCCCC(=O)OCCOCCOCCOCCOCCOCCOCCOCCI. The number of ether oxygens (including phenoxy) is 8. The molecule has 0 unspecified atom stereocenters. The van der Waals surface area contributed by atoms with Gasteiger partial charge < -0.3 is 37.9 Å². The van der Waals surface area contributed by atoms with Gasteiger partial charge in [-0.1, -0.05) is 48.8 Å². The van der Waals surface area contributed by atoms with Gasteiger partial charge in [-0.3, -0.25) is 4.79 Å². The average Bonchev–Trinajstić information content (AvgIpc) is 2.82. The molecular formula is C23H45IO9. The van der Waals surface area contributed by atoms with Crippen LogP contribution in [0.3, 0.4) is 0 Å². The Kier molecular flexibility index (Phi) is 29.9. The van der Waals surface area contributed by atoms with Gasteiger partial charge in [0, 0.05) is 10.8 Å². The van der Waals surface area contributed by atoms with Crippen LogP contribution in [0.5, 0.6) is 0 Å². The van der Waals surface area contributed by atoms with E-state index in [1.807, 2.05) is 0 Å². The van der Waals surface area contributed by atoms with Crippen molar-refractivity contribution in [1.29, 1.82) is 0 Å². The molecule has 0 N–H and O–H groups in total. The summed E-state index contributed by atoms with van der Waals surface area (Å²) in [5.41, 5.74) is 0. The molecule has 0 aliphatic rings. The van der Waals surface area contributed by atoms with Crippen LogP contribution in [0.1, 0.15) is 39.0 Å². The van der Waals surface area contributed by atoms with Crippen molar-refractivity contribution in [2.75, 3.05) is 104 Å². The van der Waals surface area contributed by atoms with Crippen LogP contribution in [0.25, 0.3) is 0 Å². The minimum absolute atomic E-state index is 0.145. The first-order valence-electron chi connectivity index (χ1n) is 12.1. The molecule has 0 fully saturated rings. The van der Waals surface area contributed by atoms with Crippen molar-refractivity contribution in [1.82, 2.24) is 0 Å². The van der Waals surface area contributed by atoms with E-state index in [0.717, 1.165) is 36.7 Å². The van der Waals surface area contributed by atoms with E-state index in [1.54, 1.807) is 0 Å². The second-order valence-corrected chi connectivity index (χ2v) is 8.09. The molecule has 0 aliphatic carbocycles. The summed E-state index contributed by atoms with van der Waals surface area (Å²) in [7, 11) is 0. The first-order valence-corrected chi connectivity index (χ1v) is 13.6. The second kappa shape index (κ2) is 30.0. The highest BCUT2D eigenvalue weighted by atomic mass is 127. The van der Waals surface area contributed by atoms with Gasteiger partial charge in [0.15, 0.2) is 0 Å². The Balaban J connectivity index is 3.07. The first kappa shape index (κ1) is 32.9. The quantitative estimate of drug-likeness (QED) is 0.0589. The molecule has 0 bridgehead atoms. The number of carbonyl (C=O) groups is 1. The van der Waals surface area contributed by atoms with E-state index in [4.69, 9.17) is 37.9 Å². The lowest BCUT2D eigenvalue weighted by atomic mass is 10.2. The lowest BCUT2D eigenvalue weighted by Gasteiger charge is -2.08. The number of unbranched alkanes of at least 4 members (excludes halogenated alkanes) is 3. The number of esters is 1. The molecule has 0 saturated heterocycles. The summed E-state index contributed by atoms with van der Waals surface area (Å²) in [5, 5.41) is 0. The smallest absolute Gasteiger partial charge is 0.305 e. The van der Waals surface area contributed by atoms with Crippen LogP contribution < -0.4 is 0 Å². The summed E-state index contributed by atoms with van der Waals surface area (Å²) in [6.07, 6.45) is 4.80. The Morgan fingerprint density at radius 2 is 0.879 bits per heavy atom. The molecule has 0 spiro atoms. The number of rotatable bonds is 28. The minimum atomic E-state index is -0.145. The molecule has 0 rings (SSSR count). The molecule has 9 nitrogen and oxygen atoms in total. The van der Waals surface area contributed by atoms with Gasteiger partial charge in [-0.15, -0.1) is 0 Å². The summed E-state index contributed by atoms with van der Waals surface area (Å²) < 4.78 is 43.9. The number of halogens is 1. The first-order chi connectivity index (χ1) is 16.3. The van der Waals surface area contributed by atoms with Crippen molar-refractivity contribution >= 4 is 28.6 Å². The molecule has 0 aromatic heterocycles. The molecule has 33 heavy (non-hydrogen) atoms.